The first-order valence-electron chi connectivity index (χ1n) is 7.69. The Kier molecular flexibility index (Phi) is 4.98. The Morgan fingerprint density at radius 2 is 2.08 bits per heavy atom. The van der Waals surface area contributed by atoms with Crippen LogP contribution in [-0.4, -0.2) is 28.1 Å². The Hall–Kier alpha value is -2.16. The zero-order valence-electron chi connectivity index (χ0n) is 13.3. The van der Waals surface area contributed by atoms with Crippen molar-refractivity contribution in [3.63, 3.8) is 0 Å². The molecule has 2 heterocycles. The summed E-state index contributed by atoms with van der Waals surface area (Å²) in [6, 6.07) is 7.12. The molecule has 1 fully saturated rings. The van der Waals surface area contributed by atoms with Crippen LogP contribution in [0.3, 0.4) is 0 Å². The second-order valence-electron chi connectivity index (χ2n) is 5.97. The lowest BCUT2D eigenvalue weighted by molar-refractivity contribution is -0.122. The van der Waals surface area contributed by atoms with E-state index in [9.17, 15) is 4.79 Å². The van der Waals surface area contributed by atoms with Gasteiger partial charge in [0.15, 0.2) is 0 Å². The van der Waals surface area contributed by atoms with Crippen molar-refractivity contribution in [2.24, 2.45) is 5.92 Å². The lowest BCUT2D eigenvalue weighted by Crippen LogP contribution is -2.45. The SMILES string of the molecule is CC(C)C1CC(C(=O)NNc2nc(-c3ccc(Cl)cc3)no2)NN1. The highest BCUT2D eigenvalue weighted by Gasteiger charge is 2.30. The van der Waals surface area contributed by atoms with Crippen molar-refractivity contribution in [2.75, 3.05) is 5.43 Å². The van der Waals surface area contributed by atoms with E-state index in [1.807, 2.05) is 0 Å². The minimum absolute atomic E-state index is 0.111. The molecule has 24 heavy (non-hydrogen) atoms. The number of hydrogen-bond acceptors (Lipinski definition) is 7. The maximum Gasteiger partial charge on any atom is 0.340 e. The maximum atomic E-state index is 12.1. The number of hydrazine groups is 2. The van der Waals surface area contributed by atoms with Gasteiger partial charge in [0.05, 0.1) is 0 Å². The minimum atomic E-state index is -0.316. The number of rotatable bonds is 5. The van der Waals surface area contributed by atoms with Crippen LogP contribution < -0.4 is 21.7 Å². The normalized spacial score (nSPS) is 20.3. The molecule has 3 rings (SSSR count). The molecule has 1 amide bonds. The predicted molar refractivity (Wildman–Crippen MR) is 89.8 cm³/mol. The van der Waals surface area contributed by atoms with Gasteiger partial charge in [-0.2, -0.15) is 4.98 Å². The van der Waals surface area contributed by atoms with E-state index in [4.69, 9.17) is 16.1 Å². The summed E-state index contributed by atoms with van der Waals surface area (Å²) in [6.07, 6.45) is 0.713. The van der Waals surface area contributed by atoms with E-state index < -0.39 is 0 Å². The highest BCUT2D eigenvalue weighted by atomic mass is 35.5. The molecular formula is C15H19ClN6O2. The van der Waals surface area contributed by atoms with Gasteiger partial charge in [0.25, 0.3) is 5.91 Å². The van der Waals surface area contributed by atoms with Crippen molar-refractivity contribution in [1.29, 1.82) is 0 Å². The van der Waals surface area contributed by atoms with Crippen molar-refractivity contribution in [3.05, 3.63) is 29.3 Å². The zero-order chi connectivity index (χ0) is 17.1. The smallest absolute Gasteiger partial charge is 0.313 e. The van der Waals surface area contributed by atoms with E-state index in [2.05, 4.69) is 45.7 Å². The van der Waals surface area contributed by atoms with Gasteiger partial charge in [0, 0.05) is 16.6 Å². The standard InChI is InChI=1S/C15H19ClN6O2/c1-8(2)11-7-12(19-18-11)14(23)20-21-15-17-13(22-24-15)9-3-5-10(16)6-4-9/h3-6,8,11-12,18-19H,7H2,1-2H3,(H,20,23)(H,17,21,22). The molecule has 1 aromatic carbocycles. The zero-order valence-corrected chi connectivity index (χ0v) is 14.1. The van der Waals surface area contributed by atoms with Crippen LogP contribution in [0, 0.1) is 5.92 Å². The number of nitrogens with one attached hydrogen (secondary N) is 4. The van der Waals surface area contributed by atoms with Crippen LogP contribution in [0.4, 0.5) is 6.01 Å². The molecule has 1 aliphatic rings. The number of carbonyl (C=O) groups excluding carboxylic acids is 1. The molecule has 1 saturated heterocycles. The Morgan fingerprint density at radius 3 is 2.75 bits per heavy atom. The van der Waals surface area contributed by atoms with Crippen LogP contribution in [0.1, 0.15) is 20.3 Å². The summed E-state index contributed by atoms with van der Waals surface area (Å²) in [5.41, 5.74) is 12.1. The second kappa shape index (κ2) is 7.16. The van der Waals surface area contributed by atoms with Crippen LogP contribution in [0.5, 0.6) is 0 Å². The monoisotopic (exact) mass is 350 g/mol. The molecule has 2 aromatic rings. The molecule has 0 aliphatic carbocycles. The third-order valence-corrected chi connectivity index (χ3v) is 4.13. The fourth-order valence-corrected chi connectivity index (χ4v) is 2.51. The molecule has 9 heteroatoms. The van der Waals surface area contributed by atoms with E-state index in [-0.39, 0.29) is 24.0 Å². The first-order valence-corrected chi connectivity index (χ1v) is 8.07. The van der Waals surface area contributed by atoms with Crippen LogP contribution in [0.2, 0.25) is 5.02 Å². The average Bonchev–Trinajstić information content (AvgIpc) is 3.23. The molecule has 1 aromatic heterocycles. The van der Waals surface area contributed by atoms with E-state index in [0.717, 1.165) is 5.56 Å². The first kappa shape index (κ1) is 16.7. The molecular weight excluding hydrogens is 332 g/mol. The Bertz CT molecular complexity index is 702. The minimum Gasteiger partial charge on any atom is -0.313 e. The largest absolute Gasteiger partial charge is 0.340 e. The van der Waals surface area contributed by atoms with Crippen molar-refractivity contribution in [3.8, 4) is 11.4 Å². The van der Waals surface area contributed by atoms with E-state index in [1.54, 1.807) is 24.3 Å². The molecule has 1 aliphatic heterocycles. The summed E-state index contributed by atoms with van der Waals surface area (Å²) in [5, 5.41) is 4.49. The van der Waals surface area contributed by atoms with Gasteiger partial charge in [-0.3, -0.25) is 15.6 Å². The molecule has 0 bridgehead atoms. The van der Waals surface area contributed by atoms with E-state index in [0.29, 0.717) is 23.2 Å². The number of benzene rings is 1. The number of nitrogens with zero attached hydrogens (tertiary/aromatic N) is 2. The molecule has 2 atom stereocenters. The third-order valence-electron chi connectivity index (χ3n) is 3.87. The number of carbonyl (C=O) groups is 1. The molecule has 0 spiro atoms. The quantitative estimate of drug-likeness (QED) is 0.609. The van der Waals surface area contributed by atoms with Gasteiger partial charge in [0.1, 0.15) is 6.04 Å². The third kappa shape index (κ3) is 3.84. The van der Waals surface area contributed by atoms with E-state index >= 15 is 0 Å². The fourth-order valence-electron chi connectivity index (χ4n) is 2.38. The van der Waals surface area contributed by atoms with Crippen molar-refractivity contribution < 1.29 is 9.32 Å². The molecule has 2 unspecified atom stereocenters. The molecule has 8 nitrogen and oxygen atoms in total. The number of amides is 1. The lowest BCUT2D eigenvalue weighted by Gasteiger charge is -2.12. The summed E-state index contributed by atoms with van der Waals surface area (Å²) in [5.74, 6) is 0.655. The topological polar surface area (TPSA) is 104 Å². The summed E-state index contributed by atoms with van der Waals surface area (Å²) in [4.78, 5) is 16.3. The van der Waals surface area contributed by atoms with Crippen molar-refractivity contribution in [1.82, 2.24) is 26.4 Å². The van der Waals surface area contributed by atoms with Crippen LogP contribution in [0.25, 0.3) is 11.4 Å². The summed E-state index contributed by atoms with van der Waals surface area (Å²) in [6.45, 7) is 4.21. The second-order valence-corrected chi connectivity index (χ2v) is 6.41. The van der Waals surface area contributed by atoms with Gasteiger partial charge in [-0.05, 0) is 36.6 Å². The highest BCUT2D eigenvalue weighted by Crippen LogP contribution is 2.19. The predicted octanol–water partition coefficient (Wildman–Crippen LogP) is 1.72. The van der Waals surface area contributed by atoms with Gasteiger partial charge in [0.2, 0.25) is 5.82 Å². The fraction of sp³-hybridized carbons (Fsp3) is 0.400. The van der Waals surface area contributed by atoms with Gasteiger partial charge in [-0.15, -0.1) is 0 Å². The van der Waals surface area contributed by atoms with Crippen molar-refractivity contribution >= 4 is 23.5 Å². The molecule has 128 valence electrons. The van der Waals surface area contributed by atoms with Crippen LogP contribution in [0.15, 0.2) is 28.8 Å². The molecule has 0 radical (unpaired) electrons. The summed E-state index contributed by atoms with van der Waals surface area (Å²) >= 11 is 5.85. The lowest BCUT2D eigenvalue weighted by atomic mass is 9.99. The Labute approximate surface area is 144 Å². The number of anilines is 1. The average molecular weight is 351 g/mol. The number of halogens is 1. The summed E-state index contributed by atoms with van der Waals surface area (Å²) < 4.78 is 5.07. The highest BCUT2D eigenvalue weighted by molar-refractivity contribution is 6.30. The Balaban J connectivity index is 1.54. The van der Waals surface area contributed by atoms with Crippen LogP contribution in [-0.2, 0) is 4.79 Å². The summed E-state index contributed by atoms with van der Waals surface area (Å²) in [7, 11) is 0. The van der Waals surface area contributed by atoms with Gasteiger partial charge in [-0.1, -0.05) is 30.6 Å². The van der Waals surface area contributed by atoms with E-state index in [1.165, 1.54) is 0 Å². The first-order chi connectivity index (χ1) is 11.5. The maximum absolute atomic E-state index is 12.1. The van der Waals surface area contributed by atoms with Crippen LogP contribution >= 0.6 is 11.6 Å². The van der Waals surface area contributed by atoms with Gasteiger partial charge >= 0.3 is 6.01 Å². The number of aromatic nitrogens is 2. The van der Waals surface area contributed by atoms with Gasteiger partial charge < -0.3 is 4.52 Å². The molecule has 4 N–H and O–H groups in total. The number of hydrogen-bond donors (Lipinski definition) is 4. The van der Waals surface area contributed by atoms with Gasteiger partial charge in [-0.25, -0.2) is 10.9 Å². The molecule has 0 saturated carbocycles. The van der Waals surface area contributed by atoms with Crippen molar-refractivity contribution in [2.45, 2.75) is 32.4 Å². The Morgan fingerprint density at radius 1 is 1.33 bits per heavy atom.